The Labute approximate surface area is 207 Å². The van der Waals surface area contributed by atoms with Gasteiger partial charge in [0.15, 0.2) is 5.78 Å². The van der Waals surface area contributed by atoms with Crippen LogP contribution in [-0.2, 0) is 22.6 Å². The molecule has 35 heavy (non-hydrogen) atoms. The Hall–Kier alpha value is -3.60. The van der Waals surface area contributed by atoms with Crippen molar-refractivity contribution in [1.29, 1.82) is 0 Å². The van der Waals surface area contributed by atoms with Crippen LogP contribution in [0.4, 0.5) is 0 Å². The largest absolute Gasteiger partial charge is 0.497 e. The van der Waals surface area contributed by atoms with Crippen molar-refractivity contribution >= 4 is 11.8 Å². The van der Waals surface area contributed by atoms with Gasteiger partial charge in [-0.1, -0.05) is 61.7 Å². The quantitative estimate of drug-likeness (QED) is 0.261. The fourth-order valence-electron chi connectivity index (χ4n) is 4.43. The summed E-state index contributed by atoms with van der Waals surface area (Å²) in [5.74, 6) is 0.926. The van der Waals surface area contributed by atoms with Gasteiger partial charge in [0.25, 0.3) is 0 Å². The van der Waals surface area contributed by atoms with Gasteiger partial charge in [0.1, 0.15) is 18.1 Å². The number of carbonyl (C=O) groups excluding carboxylic acids is 2. The third kappa shape index (κ3) is 6.72. The van der Waals surface area contributed by atoms with E-state index in [1.54, 1.807) is 49.6 Å². The maximum atomic E-state index is 13.2. The van der Waals surface area contributed by atoms with E-state index in [4.69, 9.17) is 14.2 Å². The molecule has 0 N–H and O–H groups in total. The first-order chi connectivity index (χ1) is 17.1. The standard InChI is InChI=1S/C30H32O5/c1-33-27-14-8-13-24(20-27)29(31)25-15-16-28(34-18-17-22-9-4-2-5-10-22)26(19-25)21-35-30(32)23-11-6-3-7-12-23/h2,4-5,8-10,13-16,19-20,23H,3,6-7,11-12,17-18,21H2,1H3. The van der Waals surface area contributed by atoms with Gasteiger partial charge in [-0.05, 0) is 48.7 Å². The number of methoxy groups -OCH3 is 1. The van der Waals surface area contributed by atoms with E-state index in [1.807, 2.05) is 18.2 Å². The summed E-state index contributed by atoms with van der Waals surface area (Å²) >= 11 is 0. The molecule has 0 aliphatic heterocycles. The number of hydrogen-bond acceptors (Lipinski definition) is 5. The molecule has 182 valence electrons. The highest BCUT2D eigenvalue weighted by Gasteiger charge is 2.23. The van der Waals surface area contributed by atoms with E-state index in [-0.39, 0.29) is 24.3 Å². The minimum absolute atomic E-state index is 0.0344. The van der Waals surface area contributed by atoms with Crippen molar-refractivity contribution in [2.45, 2.75) is 45.1 Å². The normalized spacial score (nSPS) is 13.7. The lowest BCUT2D eigenvalue weighted by molar-refractivity contribution is -0.151. The number of ether oxygens (including phenoxy) is 3. The molecule has 5 heteroatoms. The molecule has 0 heterocycles. The third-order valence-electron chi connectivity index (χ3n) is 6.45. The Kier molecular flexibility index (Phi) is 8.55. The molecular weight excluding hydrogens is 440 g/mol. The van der Waals surface area contributed by atoms with Crippen molar-refractivity contribution in [1.82, 2.24) is 0 Å². The number of esters is 1. The SMILES string of the molecule is COc1cccc(C(=O)c2ccc(OCCc3ccccc3)c(COC(=O)C3CCCCC3)c2)c1. The molecule has 0 saturated heterocycles. The van der Waals surface area contributed by atoms with E-state index in [0.717, 1.165) is 32.1 Å². The minimum Gasteiger partial charge on any atom is -0.497 e. The molecule has 0 amide bonds. The molecular formula is C30H32O5. The topological polar surface area (TPSA) is 61.8 Å². The van der Waals surface area contributed by atoms with Gasteiger partial charge in [0.2, 0.25) is 0 Å². The molecule has 1 aliphatic rings. The van der Waals surface area contributed by atoms with Crippen molar-refractivity contribution in [3.8, 4) is 11.5 Å². The highest BCUT2D eigenvalue weighted by molar-refractivity contribution is 6.09. The first-order valence-electron chi connectivity index (χ1n) is 12.3. The summed E-state index contributed by atoms with van der Waals surface area (Å²) in [6.45, 7) is 0.562. The minimum atomic E-state index is -0.163. The predicted molar refractivity (Wildman–Crippen MR) is 135 cm³/mol. The van der Waals surface area contributed by atoms with E-state index in [9.17, 15) is 9.59 Å². The summed E-state index contributed by atoms with van der Waals surface area (Å²) in [5, 5.41) is 0. The Balaban J connectivity index is 1.50. The van der Waals surface area contributed by atoms with Crippen LogP contribution in [0.5, 0.6) is 11.5 Å². The lowest BCUT2D eigenvalue weighted by atomic mass is 9.89. The maximum Gasteiger partial charge on any atom is 0.309 e. The zero-order chi connectivity index (χ0) is 24.5. The second-order valence-corrected chi connectivity index (χ2v) is 8.91. The molecule has 0 spiro atoms. The lowest BCUT2D eigenvalue weighted by Gasteiger charge is -2.20. The van der Waals surface area contributed by atoms with Gasteiger partial charge in [-0.25, -0.2) is 0 Å². The second-order valence-electron chi connectivity index (χ2n) is 8.91. The predicted octanol–water partition coefficient (Wildman–Crippen LogP) is 6.17. The maximum absolute atomic E-state index is 13.2. The molecule has 3 aromatic carbocycles. The molecule has 1 aliphatic carbocycles. The van der Waals surface area contributed by atoms with E-state index in [2.05, 4.69) is 12.1 Å². The Morgan fingerprint density at radius 2 is 1.63 bits per heavy atom. The van der Waals surface area contributed by atoms with Gasteiger partial charge in [0, 0.05) is 23.1 Å². The molecule has 1 fully saturated rings. The first kappa shape index (κ1) is 24.5. The number of carbonyl (C=O) groups is 2. The summed E-state index contributed by atoms with van der Waals surface area (Å²) in [6, 6.07) is 22.5. The highest BCUT2D eigenvalue weighted by Crippen LogP contribution is 2.27. The van der Waals surface area contributed by atoms with E-state index in [1.165, 1.54) is 12.0 Å². The number of rotatable bonds is 10. The molecule has 0 atom stereocenters. The fourth-order valence-corrected chi connectivity index (χ4v) is 4.43. The van der Waals surface area contributed by atoms with Gasteiger partial charge in [-0.15, -0.1) is 0 Å². The fraction of sp³-hybridized carbons (Fsp3) is 0.333. The number of hydrogen-bond donors (Lipinski definition) is 0. The molecule has 0 radical (unpaired) electrons. The van der Waals surface area contributed by atoms with Gasteiger partial charge in [0.05, 0.1) is 19.6 Å². The summed E-state index contributed by atoms with van der Waals surface area (Å²) in [7, 11) is 1.57. The van der Waals surface area contributed by atoms with Crippen LogP contribution in [0, 0.1) is 5.92 Å². The Morgan fingerprint density at radius 1 is 0.857 bits per heavy atom. The monoisotopic (exact) mass is 472 g/mol. The smallest absolute Gasteiger partial charge is 0.309 e. The third-order valence-corrected chi connectivity index (χ3v) is 6.45. The van der Waals surface area contributed by atoms with Crippen molar-refractivity contribution in [3.05, 3.63) is 95.1 Å². The summed E-state index contributed by atoms with van der Waals surface area (Å²) < 4.78 is 17.0. The zero-order valence-electron chi connectivity index (χ0n) is 20.2. The molecule has 0 bridgehead atoms. The summed E-state index contributed by atoms with van der Waals surface area (Å²) in [6.07, 6.45) is 5.84. The average Bonchev–Trinajstić information content (AvgIpc) is 2.93. The van der Waals surface area contributed by atoms with E-state index >= 15 is 0 Å². The number of benzene rings is 3. The molecule has 5 nitrogen and oxygen atoms in total. The summed E-state index contributed by atoms with van der Waals surface area (Å²) in [4.78, 5) is 25.8. The van der Waals surface area contributed by atoms with Gasteiger partial charge in [-0.2, -0.15) is 0 Å². The highest BCUT2D eigenvalue weighted by atomic mass is 16.5. The molecule has 1 saturated carbocycles. The van der Waals surface area contributed by atoms with Crippen LogP contribution in [0.25, 0.3) is 0 Å². The van der Waals surface area contributed by atoms with Crippen LogP contribution in [0.3, 0.4) is 0 Å². The molecule has 3 aromatic rings. The van der Waals surface area contributed by atoms with Gasteiger partial charge < -0.3 is 14.2 Å². The van der Waals surface area contributed by atoms with Crippen molar-refractivity contribution in [2.24, 2.45) is 5.92 Å². The van der Waals surface area contributed by atoms with Crippen LogP contribution in [-0.4, -0.2) is 25.5 Å². The van der Waals surface area contributed by atoms with Crippen LogP contribution >= 0.6 is 0 Å². The van der Waals surface area contributed by atoms with Gasteiger partial charge in [-0.3, -0.25) is 9.59 Å². The van der Waals surface area contributed by atoms with E-state index in [0.29, 0.717) is 34.8 Å². The molecule has 4 rings (SSSR count). The summed E-state index contributed by atoms with van der Waals surface area (Å²) in [5.41, 5.74) is 2.92. The van der Waals surface area contributed by atoms with Crippen LogP contribution < -0.4 is 9.47 Å². The molecule has 0 unspecified atom stereocenters. The van der Waals surface area contributed by atoms with Crippen LogP contribution in [0.2, 0.25) is 0 Å². The second kappa shape index (κ2) is 12.2. The van der Waals surface area contributed by atoms with Crippen molar-refractivity contribution in [2.75, 3.05) is 13.7 Å². The first-order valence-corrected chi connectivity index (χ1v) is 12.3. The Morgan fingerprint density at radius 3 is 2.40 bits per heavy atom. The molecule has 0 aromatic heterocycles. The van der Waals surface area contributed by atoms with Crippen molar-refractivity contribution in [3.63, 3.8) is 0 Å². The van der Waals surface area contributed by atoms with Crippen LogP contribution in [0.1, 0.15) is 59.2 Å². The zero-order valence-corrected chi connectivity index (χ0v) is 20.2. The number of ketones is 1. The van der Waals surface area contributed by atoms with Crippen LogP contribution in [0.15, 0.2) is 72.8 Å². The Bertz CT molecular complexity index is 1130. The lowest BCUT2D eigenvalue weighted by Crippen LogP contribution is -2.20. The van der Waals surface area contributed by atoms with Gasteiger partial charge >= 0.3 is 5.97 Å². The van der Waals surface area contributed by atoms with E-state index < -0.39 is 0 Å². The average molecular weight is 473 g/mol. The van der Waals surface area contributed by atoms with Crippen molar-refractivity contribution < 1.29 is 23.8 Å².